The van der Waals surface area contributed by atoms with Crippen molar-refractivity contribution in [2.75, 3.05) is 0 Å². The molecule has 0 amide bonds. The molecule has 3 nitrogen and oxygen atoms in total. The van der Waals surface area contributed by atoms with Crippen LogP contribution in [0.1, 0.15) is 32.0 Å². The van der Waals surface area contributed by atoms with Crippen LogP contribution in [0.3, 0.4) is 0 Å². The van der Waals surface area contributed by atoms with Crippen molar-refractivity contribution in [2.24, 2.45) is 0 Å². The van der Waals surface area contributed by atoms with Crippen LogP contribution in [0.25, 0.3) is 11.3 Å². The molecule has 0 saturated heterocycles. The third kappa shape index (κ3) is 3.64. The largest absolute Gasteiger partial charge is 0.422 e. The first-order valence-electron chi connectivity index (χ1n) is 7.24. The molecule has 25 heavy (non-hydrogen) atoms. The number of rotatable bonds is 3. The molecule has 1 atom stereocenters. The number of benzene rings is 1. The van der Waals surface area contributed by atoms with Gasteiger partial charge in [0.2, 0.25) is 0 Å². The minimum atomic E-state index is -5.07. The number of pyridine rings is 1. The van der Waals surface area contributed by atoms with Crippen molar-refractivity contribution in [2.45, 2.75) is 38.1 Å². The van der Waals surface area contributed by atoms with Gasteiger partial charge in [-0.15, -0.1) is 0 Å². The van der Waals surface area contributed by atoms with E-state index in [0.29, 0.717) is 13.0 Å². The van der Waals surface area contributed by atoms with Crippen LogP contribution in [0.4, 0.5) is 22.0 Å². The Morgan fingerprint density at radius 1 is 0.920 bits per heavy atom. The number of aromatic nitrogens is 1. The van der Waals surface area contributed by atoms with Crippen LogP contribution in [0.5, 0.6) is 0 Å². The second-order valence-electron chi connectivity index (χ2n) is 6.35. The summed E-state index contributed by atoms with van der Waals surface area (Å²) in [6.07, 6.45) is -5.07. The van der Waals surface area contributed by atoms with Gasteiger partial charge in [0.25, 0.3) is 0 Å². The predicted octanol–water partition coefficient (Wildman–Crippen LogP) is 4.02. The van der Waals surface area contributed by atoms with Crippen molar-refractivity contribution >= 4 is 0 Å². The third-order valence-electron chi connectivity index (χ3n) is 3.79. The number of hydrogen-bond acceptors (Lipinski definition) is 3. The maximum absolute atomic E-state index is 14.7. The van der Waals surface area contributed by atoms with Gasteiger partial charge in [-0.2, -0.15) is 13.2 Å². The Morgan fingerprint density at radius 2 is 1.44 bits per heavy atom. The van der Waals surface area contributed by atoms with Crippen molar-refractivity contribution in [3.63, 3.8) is 0 Å². The highest BCUT2D eigenvalue weighted by Crippen LogP contribution is 2.40. The molecule has 8 heteroatoms. The molecule has 1 aromatic heterocycles. The summed E-state index contributed by atoms with van der Waals surface area (Å²) in [6, 6.07) is 4.95. The average molecular weight is 361 g/mol. The molecule has 2 rings (SSSR count). The first kappa shape index (κ1) is 19.3. The van der Waals surface area contributed by atoms with Gasteiger partial charge in [0, 0.05) is 11.1 Å². The fourth-order valence-corrected chi connectivity index (χ4v) is 2.17. The van der Waals surface area contributed by atoms with Gasteiger partial charge in [0.15, 0.2) is 11.4 Å². The van der Waals surface area contributed by atoms with Crippen LogP contribution >= 0.6 is 0 Å². The number of halogens is 5. The summed E-state index contributed by atoms with van der Waals surface area (Å²) in [4.78, 5) is 3.61. The van der Waals surface area contributed by atoms with E-state index >= 15 is 0 Å². The molecule has 0 bridgehead atoms. The zero-order chi connectivity index (χ0) is 19.2. The lowest BCUT2D eigenvalue weighted by molar-refractivity contribution is -0.260. The van der Waals surface area contributed by atoms with E-state index in [1.54, 1.807) is 0 Å². The van der Waals surface area contributed by atoms with Gasteiger partial charge < -0.3 is 10.2 Å². The Morgan fingerprint density at radius 3 is 1.88 bits per heavy atom. The summed E-state index contributed by atoms with van der Waals surface area (Å²) < 4.78 is 67.2. The number of alkyl halides is 3. The lowest BCUT2D eigenvalue weighted by Crippen LogP contribution is -2.40. The van der Waals surface area contributed by atoms with E-state index in [2.05, 4.69) is 4.98 Å². The Balaban J connectivity index is 2.80. The van der Waals surface area contributed by atoms with Crippen LogP contribution in [-0.4, -0.2) is 21.4 Å². The molecule has 1 unspecified atom stereocenters. The average Bonchev–Trinajstić information content (AvgIpc) is 2.46. The topological polar surface area (TPSA) is 53.4 Å². The maximum atomic E-state index is 14.7. The Hall–Kier alpha value is -2.06. The fraction of sp³-hybridized carbons (Fsp3) is 0.353. The Bertz CT molecular complexity index is 777. The summed E-state index contributed by atoms with van der Waals surface area (Å²) in [6.45, 7) is 2.85. The van der Waals surface area contributed by atoms with E-state index in [1.165, 1.54) is 13.8 Å². The minimum Gasteiger partial charge on any atom is -0.386 e. The SMILES string of the molecule is CC(C)(O)c1cc(C(C)(O)C(F)(F)F)nc(-c2ccc(F)cc2)c1F. The van der Waals surface area contributed by atoms with E-state index < -0.39 is 46.0 Å². The molecule has 1 aromatic carbocycles. The number of hydrogen-bond donors (Lipinski definition) is 2. The molecule has 136 valence electrons. The van der Waals surface area contributed by atoms with Crippen LogP contribution in [0.15, 0.2) is 30.3 Å². The third-order valence-corrected chi connectivity index (χ3v) is 3.79. The van der Waals surface area contributed by atoms with Gasteiger partial charge in [-0.05, 0) is 51.1 Å². The van der Waals surface area contributed by atoms with Crippen molar-refractivity contribution in [3.05, 3.63) is 53.2 Å². The molecular formula is C17H16F5NO2. The van der Waals surface area contributed by atoms with Crippen molar-refractivity contribution in [3.8, 4) is 11.3 Å². The lowest BCUT2D eigenvalue weighted by atomic mass is 9.91. The summed E-state index contributed by atoms with van der Waals surface area (Å²) in [5, 5.41) is 20.0. The predicted molar refractivity (Wildman–Crippen MR) is 80.5 cm³/mol. The molecule has 0 aliphatic heterocycles. The summed E-state index contributed by atoms with van der Waals surface area (Å²) in [5.74, 6) is -1.67. The summed E-state index contributed by atoms with van der Waals surface area (Å²) >= 11 is 0. The van der Waals surface area contributed by atoms with Crippen LogP contribution in [0, 0.1) is 11.6 Å². The lowest BCUT2D eigenvalue weighted by Gasteiger charge is -2.28. The highest BCUT2D eigenvalue weighted by Gasteiger charge is 2.53. The maximum Gasteiger partial charge on any atom is 0.422 e. The molecule has 0 aliphatic rings. The summed E-state index contributed by atoms with van der Waals surface area (Å²) in [5.41, 5.74) is -7.07. The zero-order valence-electron chi connectivity index (χ0n) is 13.6. The Labute approximate surface area is 140 Å². The van der Waals surface area contributed by atoms with Crippen molar-refractivity contribution < 1.29 is 32.2 Å². The van der Waals surface area contributed by atoms with E-state index in [1.807, 2.05) is 0 Å². The van der Waals surface area contributed by atoms with Gasteiger partial charge in [-0.3, -0.25) is 0 Å². The van der Waals surface area contributed by atoms with E-state index in [9.17, 15) is 32.2 Å². The number of aliphatic hydroxyl groups is 2. The van der Waals surface area contributed by atoms with E-state index in [0.717, 1.165) is 24.3 Å². The van der Waals surface area contributed by atoms with Gasteiger partial charge in [0.05, 0.1) is 11.3 Å². The molecule has 0 spiro atoms. The quantitative estimate of drug-likeness (QED) is 0.812. The molecule has 0 saturated carbocycles. The smallest absolute Gasteiger partial charge is 0.386 e. The van der Waals surface area contributed by atoms with Crippen molar-refractivity contribution in [1.82, 2.24) is 4.98 Å². The highest BCUT2D eigenvalue weighted by atomic mass is 19.4. The fourth-order valence-electron chi connectivity index (χ4n) is 2.17. The Kier molecular flexibility index (Phi) is 4.65. The van der Waals surface area contributed by atoms with Crippen molar-refractivity contribution in [1.29, 1.82) is 0 Å². The van der Waals surface area contributed by atoms with Crippen LogP contribution < -0.4 is 0 Å². The van der Waals surface area contributed by atoms with E-state index in [4.69, 9.17) is 0 Å². The van der Waals surface area contributed by atoms with Gasteiger partial charge in [-0.1, -0.05) is 0 Å². The standard InChI is InChI=1S/C17H16F5NO2/c1-15(2,24)11-8-12(16(3,25)17(20,21)22)23-14(13(11)19)9-4-6-10(18)7-5-9/h4-8,24-25H,1-3H3. The molecule has 1 heterocycles. The molecule has 0 fully saturated rings. The molecule has 2 aromatic rings. The second kappa shape index (κ2) is 6.03. The van der Waals surface area contributed by atoms with E-state index in [-0.39, 0.29) is 5.56 Å². The van der Waals surface area contributed by atoms with Gasteiger partial charge >= 0.3 is 6.18 Å². The van der Waals surface area contributed by atoms with Crippen LogP contribution in [0.2, 0.25) is 0 Å². The van der Waals surface area contributed by atoms with Gasteiger partial charge in [0.1, 0.15) is 11.5 Å². The molecule has 0 radical (unpaired) electrons. The molecule has 0 aliphatic carbocycles. The number of nitrogens with zero attached hydrogens (tertiary/aromatic N) is 1. The molecular weight excluding hydrogens is 345 g/mol. The highest BCUT2D eigenvalue weighted by molar-refractivity contribution is 5.61. The monoisotopic (exact) mass is 361 g/mol. The zero-order valence-corrected chi connectivity index (χ0v) is 13.6. The normalized spacial score (nSPS) is 15.1. The minimum absolute atomic E-state index is 0.00391. The first-order valence-corrected chi connectivity index (χ1v) is 7.24. The second-order valence-corrected chi connectivity index (χ2v) is 6.35. The molecule has 2 N–H and O–H groups in total. The summed E-state index contributed by atoms with van der Waals surface area (Å²) in [7, 11) is 0. The first-order chi connectivity index (χ1) is 11.2. The van der Waals surface area contributed by atoms with Crippen LogP contribution in [-0.2, 0) is 11.2 Å². The van der Waals surface area contributed by atoms with Gasteiger partial charge in [-0.25, -0.2) is 13.8 Å².